The Kier molecular flexibility index (Phi) is 7.10. The van der Waals surface area contributed by atoms with E-state index in [0.717, 1.165) is 60.6 Å². The average molecular weight is 434 g/mol. The Balaban J connectivity index is 1.29. The van der Waals surface area contributed by atoms with Gasteiger partial charge in [0.25, 0.3) is 0 Å². The molecule has 6 nitrogen and oxygen atoms in total. The minimum absolute atomic E-state index is 0.206. The highest BCUT2D eigenvalue weighted by molar-refractivity contribution is 5.90. The van der Waals surface area contributed by atoms with Gasteiger partial charge in [-0.1, -0.05) is 24.3 Å². The Labute approximate surface area is 191 Å². The van der Waals surface area contributed by atoms with Gasteiger partial charge >= 0.3 is 0 Å². The molecule has 0 bridgehead atoms. The van der Waals surface area contributed by atoms with Gasteiger partial charge in [0.05, 0.1) is 11.6 Å². The number of hydrogen-bond acceptors (Lipinski definition) is 6. The van der Waals surface area contributed by atoms with Crippen LogP contribution in [0.3, 0.4) is 0 Å². The summed E-state index contributed by atoms with van der Waals surface area (Å²) in [6, 6.07) is 17.6. The SMILES string of the molecule is CC(C)Oc1ccc(CN[C@H]2CC[C@@H](Nc3nc(N(C)C)c4ccccc4n3)CC2)cc1. The number of rotatable bonds is 8. The molecule has 0 radical (unpaired) electrons. The normalized spacial score (nSPS) is 18.7. The molecular formula is C26H35N5O. The Bertz CT molecular complexity index is 1010. The molecule has 1 saturated carbocycles. The molecule has 1 aromatic heterocycles. The molecule has 1 heterocycles. The third-order valence-corrected chi connectivity index (χ3v) is 5.96. The molecule has 4 rings (SSSR count). The molecule has 6 heteroatoms. The van der Waals surface area contributed by atoms with Crippen LogP contribution in [0.5, 0.6) is 5.75 Å². The summed E-state index contributed by atoms with van der Waals surface area (Å²) in [7, 11) is 4.06. The van der Waals surface area contributed by atoms with Crippen molar-refractivity contribution < 1.29 is 4.74 Å². The van der Waals surface area contributed by atoms with Crippen LogP contribution < -0.4 is 20.3 Å². The first-order chi connectivity index (χ1) is 15.5. The molecule has 0 saturated heterocycles. The summed E-state index contributed by atoms with van der Waals surface area (Å²) >= 11 is 0. The number of nitrogens with one attached hydrogen (secondary N) is 2. The number of para-hydroxylation sites is 1. The van der Waals surface area contributed by atoms with Crippen LogP contribution in [0.1, 0.15) is 45.1 Å². The molecule has 0 spiro atoms. The number of anilines is 2. The van der Waals surface area contributed by atoms with Crippen LogP contribution in [0.4, 0.5) is 11.8 Å². The third-order valence-electron chi connectivity index (χ3n) is 5.96. The molecule has 1 aliphatic rings. The number of benzene rings is 2. The number of aromatic nitrogens is 2. The zero-order valence-corrected chi connectivity index (χ0v) is 19.6. The topological polar surface area (TPSA) is 62.3 Å². The van der Waals surface area contributed by atoms with E-state index in [-0.39, 0.29) is 6.10 Å². The van der Waals surface area contributed by atoms with Crippen molar-refractivity contribution in [1.82, 2.24) is 15.3 Å². The number of fused-ring (bicyclic) bond motifs is 1. The van der Waals surface area contributed by atoms with E-state index >= 15 is 0 Å². The van der Waals surface area contributed by atoms with Gasteiger partial charge < -0.3 is 20.3 Å². The first kappa shape index (κ1) is 22.3. The van der Waals surface area contributed by atoms with Gasteiger partial charge in [-0.25, -0.2) is 4.98 Å². The molecule has 0 amide bonds. The molecule has 1 fully saturated rings. The van der Waals surface area contributed by atoms with E-state index in [0.29, 0.717) is 12.1 Å². The van der Waals surface area contributed by atoms with Gasteiger partial charge in [0, 0.05) is 38.1 Å². The first-order valence-corrected chi connectivity index (χ1v) is 11.7. The molecule has 1 aliphatic carbocycles. The predicted octanol–water partition coefficient (Wildman–Crippen LogP) is 5.00. The van der Waals surface area contributed by atoms with Crippen molar-refractivity contribution in [2.24, 2.45) is 0 Å². The summed E-state index contributed by atoms with van der Waals surface area (Å²) < 4.78 is 5.73. The zero-order chi connectivity index (χ0) is 22.5. The van der Waals surface area contributed by atoms with Crippen LogP contribution in [-0.2, 0) is 6.54 Å². The van der Waals surface area contributed by atoms with Crippen LogP contribution >= 0.6 is 0 Å². The van der Waals surface area contributed by atoms with Crippen molar-refractivity contribution in [3.8, 4) is 5.75 Å². The van der Waals surface area contributed by atoms with Gasteiger partial charge in [-0.05, 0) is 69.4 Å². The molecular weight excluding hydrogens is 398 g/mol. The van der Waals surface area contributed by atoms with E-state index in [1.165, 1.54) is 5.56 Å². The monoisotopic (exact) mass is 433 g/mol. The van der Waals surface area contributed by atoms with Gasteiger partial charge in [-0.2, -0.15) is 4.98 Å². The van der Waals surface area contributed by atoms with Crippen LogP contribution in [-0.4, -0.2) is 42.3 Å². The summed E-state index contributed by atoms with van der Waals surface area (Å²) in [5.41, 5.74) is 2.27. The fourth-order valence-electron chi connectivity index (χ4n) is 4.31. The lowest BCUT2D eigenvalue weighted by atomic mass is 9.91. The van der Waals surface area contributed by atoms with Gasteiger partial charge in [0.1, 0.15) is 11.6 Å². The van der Waals surface area contributed by atoms with Crippen molar-refractivity contribution >= 4 is 22.7 Å². The van der Waals surface area contributed by atoms with Crippen molar-refractivity contribution in [3.05, 3.63) is 54.1 Å². The maximum absolute atomic E-state index is 5.73. The van der Waals surface area contributed by atoms with Crippen molar-refractivity contribution in [3.63, 3.8) is 0 Å². The maximum atomic E-state index is 5.73. The quantitative estimate of drug-likeness (QED) is 0.521. The Hall–Kier alpha value is -2.86. The molecule has 3 aromatic rings. The minimum atomic E-state index is 0.206. The van der Waals surface area contributed by atoms with E-state index in [1.54, 1.807) is 0 Å². The maximum Gasteiger partial charge on any atom is 0.225 e. The molecule has 2 aromatic carbocycles. The lowest BCUT2D eigenvalue weighted by molar-refractivity contribution is 0.242. The second kappa shape index (κ2) is 10.2. The summed E-state index contributed by atoms with van der Waals surface area (Å²) in [5.74, 6) is 2.62. The standard InChI is InChI=1S/C26H35N5O/c1-18(2)32-22-15-9-19(10-16-22)17-27-20-11-13-21(14-12-20)28-26-29-24-8-6-5-7-23(24)25(30-26)31(3)4/h5-10,15-16,18,20-21,27H,11-14,17H2,1-4H3,(H,28,29,30)/t20-,21+. The van der Waals surface area contributed by atoms with E-state index in [1.807, 2.05) is 40.1 Å². The lowest BCUT2D eigenvalue weighted by Crippen LogP contribution is -2.37. The van der Waals surface area contributed by atoms with Crippen LogP contribution in [0.2, 0.25) is 0 Å². The average Bonchev–Trinajstić information content (AvgIpc) is 2.78. The fraction of sp³-hybridized carbons (Fsp3) is 0.462. The molecule has 0 atom stereocenters. The molecule has 170 valence electrons. The molecule has 0 aliphatic heterocycles. The Morgan fingerprint density at radius 2 is 1.62 bits per heavy atom. The second-order valence-corrected chi connectivity index (χ2v) is 9.17. The first-order valence-electron chi connectivity index (χ1n) is 11.7. The zero-order valence-electron chi connectivity index (χ0n) is 19.6. The molecule has 32 heavy (non-hydrogen) atoms. The Morgan fingerprint density at radius 1 is 0.938 bits per heavy atom. The van der Waals surface area contributed by atoms with Gasteiger partial charge in [-0.3, -0.25) is 0 Å². The molecule has 0 unspecified atom stereocenters. The number of ether oxygens (including phenoxy) is 1. The highest BCUT2D eigenvalue weighted by Crippen LogP contribution is 2.26. The summed E-state index contributed by atoms with van der Waals surface area (Å²) in [6.45, 7) is 4.99. The largest absolute Gasteiger partial charge is 0.491 e. The minimum Gasteiger partial charge on any atom is -0.491 e. The summed E-state index contributed by atoms with van der Waals surface area (Å²) in [5, 5.41) is 8.40. The second-order valence-electron chi connectivity index (χ2n) is 9.17. The van der Waals surface area contributed by atoms with Crippen molar-refractivity contribution in [2.45, 2.75) is 64.3 Å². The fourth-order valence-corrected chi connectivity index (χ4v) is 4.31. The van der Waals surface area contributed by atoms with Gasteiger partial charge in [0.2, 0.25) is 5.95 Å². The van der Waals surface area contributed by atoms with Crippen LogP contribution in [0, 0.1) is 0 Å². The summed E-state index contributed by atoms with van der Waals surface area (Å²) in [6.07, 6.45) is 4.75. The summed E-state index contributed by atoms with van der Waals surface area (Å²) in [4.78, 5) is 11.6. The van der Waals surface area contributed by atoms with Crippen molar-refractivity contribution in [1.29, 1.82) is 0 Å². The Morgan fingerprint density at radius 3 is 2.31 bits per heavy atom. The third kappa shape index (κ3) is 5.68. The van der Waals surface area contributed by atoms with Crippen molar-refractivity contribution in [2.75, 3.05) is 24.3 Å². The van der Waals surface area contributed by atoms with E-state index < -0.39 is 0 Å². The van der Waals surface area contributed by atoms with Gasteiger partial charge in [0.15, 0.2) is 0 Å². The number of nitrogens with zero attached hydrogens (tertiary/aromatic N) is 3. The van der Waals surface area contributed by atoms with Gasteiger partial charge in [-0.15, -0.1) is 0 Å². The van der Waals surface area contributed by atoms with E-state index in [2.05, 4.69) is 51.9 Å². The van der Waals surface area contributed by atoms with E-state index in [4.69, 9.17) is 14.7 Å². The smallest absolute Gasteiger partial charge is 0.225 e. The lowest BCUT2D eigenvalue weighted by Gasteiger charge is -2.30. The van der Waals surface area contributed by atoms with Crippen LogP contribution in [0.15, 0.2) is 48.5 Å². The number of hydrogen-bond donors (Lipinski definition) is 2. The van der Waals surface area contributed by atoms with E-state index in [9.17, 15) is 0 Å². The highest BCUT2D eigenvalue weighted by atomic mass is 16.5. The van der Waals surface area contributed by atoms with Crippen LogP contribution in [0.25, 0.3) is 10.9 Å². The molecule has 2 N–H and O–H groups in total. The predicted molar refractivity (Wildman–Crippen MR) is 133 cm³/mol. The highest BCUT2D eigenvalue weighted by Gasteiger charge is 2.22.